The summed E-state index contributed by atoms with van der Waals surface area (Å²) in [6.07, 6.45) is 1.82. The first-order valence-electron chi connectivity index (χ1n) is 6.18. The van der Waals surface area contributed by atoms with E-state index < -0.39 is 15.4 Å². The molecule has 1 aromatic heterocycles. The van der Waals surface area contributed by atoms with Gasteiger partial charge in [-0.3, -0.25) is 0 Å². The number of hydrogen-bond donors (Lipinski definition) is 1. The van der Waals surface area contributed by atoms with Crippen molar-refractivity contribution in [3.05, 3.63) is 15.6 Å². The highest BCUT2D eigenvalue weighted by Crippen LogP contribution is 2.30. The summed E-state index contributed by atoms with van der Waals surface area (Å²) in [5, 5.41) is 0.661. The molecule has 6 heteroatoms. The summed E-state index contributed by atoms with van der Waals surface area (Å²) < 4.78 is 23.3. The molecule has 0 aliphatic heterocycles. The molecule has 0 unspecified atom stereocenters. The summed E-state index contributed by atoms with van der Waals surface area (Å²) in [6.45, 7) is 7.59. The normalized spacial score (nSPS) is 12.9. The fraction of sp³-hybridized carbons (Fsp3) is 0.750. The van der Waals surface area contributed by atoms with Crippen LogP contribution in [0.4, 0.5) is 0 Å². The Labute approximate surface area is 114 Å². The lowest BCUT2D eigenvalue weighted by atomic mass is 10.0. The molecule has 0 saturated carbocycles. The molecule has 0 radical (unpaired) electrons. The molecule has 0 aliphatic rings. The Balaban J connectivity index is 3.11. The Morgan fingerprint density at radius 1 is 1.33 bits per heavy atom. The molecule has 0 amide bonds. The Morgan fingerprint density at radius 2 is 1.94 bits per heavy atom. The molecule has 2 N–H and O–H groups in total. The molecule has 0 fully saturated rings. The van der Waals surface area contributed by atoms with Crippen LogP contribution in [0.3, 0.4) is 0 Å². The molecule has 1 aromatic rings. The highest BCUT2D eigenvalue weighted by atomic mass is 32.2. The molecule has 0 aliphatic carbocycles. The third-order valence-electron chi connectivity index (χ3n) is 2.60. The molecule has 0 aromatic carbocycles. The maximum atomic E-state index is 11.6. The fourth-order valence-electron chi connectivity index (χ4n) is 1.66. The van der Waals surface area contributed by atoms with E-state index in [2.05, 4.69) is 11.9 Å². The average Bonchev–Trinajstić information content (AvgIpc) is 2.60. The first kappa shape index (κ1) is 15.6. The van der Waals surface area contributed by atoms with Crippen molar-refractivity contribution in [2.45, 2.75) is 51.8 Å². The van der Waals surface area contributed by atoms with Crippen molar-refractivity contribution in [1.29, 1.82) is 0 Å². The van der Waals surface area contributed by atoms with Gasteiger partial charge < -0.3 is 5.73 Å². The summed E-state index contributed by atoms with van der Waals surface area (Å²) in [5.74, 6) is 0.179. The van der Waals surface area contributed by atoms with Crippen LogP contribution in [0.5, 0.6) is 0 Å². The Kier molecular flexibility index (Phi) is 4.91. The minimum absolute atomic E-state index is 0.0287. The summed E-state index contributed by atoms with van der Waals surface area (Å²) >= 11 is 1.43. The Hall–Kier alpha value is -0.460. The summed E-state index contributed by atoms with van der Waals surface area (Å²) in [4.78, 5) is 5.46. The maximum absolute atomic E-state index is 11.6. The SMILES string of the molecule is CCCc1nc(CS(=O)(=O)CC)sc1C(C)(C)N. The van der Waals surface area contributed by atoms with Gasteiger partial charge in [0.1, 0.15) is 10.8 Å². The lowest BCUT2D eigenvalue weighted by molar-refractivity contribution is 0.557. The first-order valence-corrected chi connectivity index (χ1v) is 8.81. The molecule has 0 atom stereocenters. The zero-order valence-corrected chi connectivity index (χ0v) is 13.1. The zero-order valence-electron chi connectivity index (χ0n) is 11.5. The molecule has 0 bridgehead atoms. The quantitative estimate of drug-likeness (QED) is 0.872. The van der Waals surface area contributed by atoms with Gasteiger partial charge in [-0.05, 0) is 20.3 Å². The van der Waals surface area contributed by atoms with E-state index in [0.717, 1.165) is 23.4 Å². The fourth-order valence-corrected chi connectivity index (χ4v) is 4.00. The van der Waals surface area contributed by atoms with Crippen molar-refractivity contribution < 1.29 is 8.42 Å². The number of hydrogen-bond acceptors (Lipinski definition) is 5. The van der Waals surface area contributed by atoms with E-state index in [1.54, 1.807) is 6.92 Å². The van der Waals surface area contributed by atoms with Gasteiger partial charge in [-0.25, -0.2) is 13.4 Å². The van der Waals surface area contributed by atoms with Gasteiger partial charge in [0.2, 0.25) is 0 Å². The number of sulfone groups is 1. The lowest BCUT2D eigenvalue weighted by Crippen LogP contribution is -2.28. The number of aromatic nitrogens is 1. The molecule has 104 valence electrons. The van der Waals surface area contributed by atoms with E-state index in [4.69, 9.17) is 5.73 Å². The van der Waals surface area contributed by atoms with Crippen LogP contribution in [-0.2, 0) is 27.5 Å². The van der Waals surface area contributed by atoms with Gasteiger partial charge in [-0.15, -0.1) is 11.3 Å². The van der Waals surface area contributed by atoms with Crippen LogP contribution in [0.15, 0.2) is 0 Å². The maximum Gasteiger partial charge on any atom is 0.156 e. The number of thiazole rings is 1. The van der Waals surface area contributed by atoms with Crippen molar-refractivity contribution in [3.8, 4) is 0 Å². The highest BCUT2D eigenvalue weighted by molar-refractivity contribution is 7.90. The van der Waals surface area contributed by atoms with E-state index >= 15 is 0 Å². The standard InChI is InChI=1S/C12H22N2O2S2/c1-5-7-9-11(12(3,4)13)17-10(14-9)8-18(15,16)6-2/h5-8,13H2,1-4H3. The van der Waals surface area contributed by atoms with Crippen molar-refractivity contribution >= 4 is 21.2 Å². The molecule has 0 saturated heterocycles. The first-order chi connectivity index (χ1) is 8.19. The second-order valence-corrected chi connectivity index (χ2v) is 8.47. The van der Waals surface area contributed by atoms with Crippen molar-refractivity contribution in [1.82, 2.24) is 4.98 Å². The molecule has 0 spiro atoms. The molecule has 1 heterocycles. The van der Waals surface area contributed by atoms with Crippen LogP contribution >= 0.6 is 11.3 Å². The number of nitrogens with two attached hydrogens (primary N) is 1. The van der Waals surface area contributed by atoms with E-state index in [0.29, 0.717) is 5.01 Å². The zero-order chi connectivity index (χ0) is 14.0. The Bertz CT molecular complexity index is 499. The van der Waals surface area contributed by atoms with E-state index in [9.17, 15) is 8.42 Å². The van der Waals surface area contributed by atoms with E-state index in [1.165, 1.54) is 11.3 Å². The van der Waals surface area contributed by atoms with E-state index in [1.807, 2.05) is 13.8 Å². The van der Waals surface area contributed by atoms with Gasteiger partial charge in [0, 0.05) is 16.2 Å². The largest absolute Gasteiger partial charge is 0.321 e. The summed E-state index contributed by atoms with van der Waals surface area (Å²) in [6, 6.07) is 0. The second-order valence-electron chi connectivity index (χ2n) is 5.03. The van der Waals surface area contributed by atoms with Gasteiger partial charge in [0.15, 0.2) is 9.84 Å². The molecule has 18 heavy (non-hydrogen) atoms. The van der Waals surface area contributed by atoms with Gasteiger partial charge in [-0.1, -0.05) is 20.3 Å². The topological polar surface area (TPSA) is 73.0 Å². The monoisotopic (exact) mass is 290 g/mol. The minimum atomic E-state index is -3.03. The summed E-state index contributed by atoms with van der Waals surface area (Å²) in [7, 11) is -3.03. The lowest BCUT2D eigenvalue weighted by Gasteiger charge is -2.17. The smallest absolute Gasteiger partial charge is 0.156 e. The van der Waals surface area contributed by atoms with Crippen LogP contribution in [0.2, 0.25) is 0 Å². The van der Waals surface area contributed by atoms with Gasteiger partial charge >= 0.3 is 0 Å². The van der Waals surface area contributed by atoms with Gasteiger partial charge in [0.25, 0.3) is 0 Å². The van der Waals surface area contributed by atoms with Crippen LogP contribution in [0, 0.1) is 0 Å². The van der Waals surface area contributed by atoms with E-state index in [-0.39, 0.29) is 11.5 Å². The predicted molar refractivity (Wildman–Crippen MR) is 76.5 cm³/mol. The van der Waals surface area contributed by atoms with Crippen LogP contribution in [0.1, 0.15) is 49.7 Å². The van der Waals surface area contributed by atoms with Crippen molar-refractivity contribution in [2.24, 2.45) is 5.73 Å². The number of rotatable bonds is 6. The van der Waals surface area contributed by atoms with Gasteiger partial charge in [0.05, 0.1) is 5.69 Å². The third kappa shape index (κ3) is 4.03. The molecular weight excluding hydrogens is 268 g/mol. The van der Waals surface area contributed by atoms with Crippen molar-refractivity contribution in [2.75, 3.05) is 5.75 Å². The summed E-state index contributed by atoms with van der Waals surface area (Å²) in [5.41, 5.74) is 6.61. The molecule has 4 nitrogen and oxygen atoms in total. The van der Waals surface area contributed by atoms with Crippen LogP contribution in [0.25, 0.3) is 0 Å². The molecular formula is C12H22N2O2S2. The predicted octanol–water partition coefficient (Wildman–Crippen LogP) is 2.22. The van der Waals surface area contributed by atoms with Gasteiger partial charge in [-0.2, -0.15) is 0 Å². The van der Waals surface area contributed by atoms with Crippen LogP contribution in [-0.4, -0.2) is 19.2 Å². The number of nitrogens with zero attached hydrogens (tertiary/aromatic N) is 1. The van der Waals surface area contributed by atoms with Crippen LogP contribution < -0.4 is 5.73 Å². The highest BCUT2D eigenvalue weighted by Gasteiger charge is 2.24. The third-order valence-corrected chi connectivity index (χ3v) is 5.81. The average molecular weight is 290 g/mol. The second kappa shape index (κ2) is 5.67. The minimum Gasteiger partial charge on any atom is -0.321 e. The Morgan fingerprint density at radius 3 is 2.39 bits per heavy atom. The number of aryl methyl sites for hydroxylation is 1. The molecule has 1 rings (SSSR count). The van der Waals surface area contributed by atoms with Crippen molar-refractivity contribution in [3.63, 3.8) is 0 Å².